The Kier molecular flexibility index (Phi) is 4.25. The maximum atomic E-state index is 2.32. The first-order valence-electron chi connectivity index (χ1n) is 10.5. The first-order chi connectivity index (χ1) is 14.5. The van der Waals surface area contributed by atoms with Gasteiger partial charge in [0.25, 0.3) is 0 Å². The van der Waals surface area contributed by atoms with Crippen LogP contribution in [0.3, 0.4) is 0 Å². The Morgan fingerprint density at radius 1 is 0.800 bits per heavy atom. The SMILES string of the molecule is CN1c2ccccc2C(=C/C=C/C2=[N+](C)c3ccccc3C2(C)C)c2ccccc21. The second kappa shape index (κ2) is 6.84. The number of hydrogen-bond donors (Lipinski definition) is 0. The molecule has 5 rings (SSSR count). The quantitative estimate of drug-likeness (QED) is 0.454. The number of hydrogen-bond acceptors (Lipinski definition) is 1. The van der Waals surface area contributed by atoms with Crippen molar-refractivity contribution >= 4 is 28.3 Å². The van der Waals surface area contributed by atoms with Gasteiger partial charge in [0, 0.05) is 47.3 Å². The van der Waals surface area contributed by atoms with Gasteiger partial charge in [-0.25, -0.2) is 0 Å². The first kappa shape index (κ1) is 18.6. The number of allylic oxidation sites excluding steroid dienone is 3. The molecule has 2 aliphatic rings. The van der Waals surface area contributed by atoms with Crippen LogP contribution in [0.1, 0.15) is 30.5 Å². The van der Waals surface area contributed by atoms with E-state index in [-0.39, 0.29) is 5.41 Å². The zero-order chi connectivity index (χ0) is 20.9. The fourth-order valence-electron chi connectivity index (χ4n) is 4.98. The molecule has 0 bridgehead atoms. The van der Waals surface area contributed by atoms with Crippen LogP contribution in [0.15, 0.2) is 91.0 Å². The van der Waals surface area contributed by atoms with Crippen LogP contribution in [0.4, 0.5) is 17.1 Å². The lowest BCUT2D eigenvalue weighted by atomic mass is 9.81. The molecule has 2 heteroatoms. The van der Waals surface area contributed by atoms with Crippen molar-refractivity contribution < 1.29 is 4.58 Å². The Balaban J connectivity index is 1.60. The number of anilines is 2. The summed E-state index contributed by atoms with van der Waals surface area (Å²) in [6, 6.07) is 26.0. The predicted molar refractivity (Wildman–Crippen MR) is 127 cm³/mol. The molecular formula is C28H27N2+. The van der Waals surface area contributed by atoms with Crippen LogP contribution in [0.2, 0.25) is 0 Å². The fourth-order valence-corrected chi connectivity index (χ4v) is 4.98. The van der Waals surface area contributed by atoms with Gasteiger partial charge < -0.3 is 4.90 Å². The summed E-state index contributed by atoms with van der Waals surface area (Å²) in [4.78, 5) is 2.28. The highest BCUT2D eigenvalue weighted by Crippen LogP contribution is 2.44. The molecule has 0 N–H and O–H groups in total. The van der Waals surface area contributed by atoms with Gasteiger partial charge in [0.1, 0.15) is 7.05 Å². The average molecular weight is 392 g/mol. The van der Waals surface area contributed by atoms with Crippen molar-refractivity contribution in [3.05, 3.63) is 108 Å². The summed E-state index contributed by atoms with van der Waals surface area (Å²) in [5, 5.41) is 0. The molecule has 0 fully saturated rings. The molecule has 2 heterocycles. The molecule has 0 spiro atoms. The topological polar surface area (TPSA) is 6.25 Å². The van der Waals surface area contributed by atoms with E-state index in [4.69, 9.17) is 0 Å². The smallest absolute Gasteiger partial charge is 0.209 e. The standard InChI is InChI=1S/C28H27N2/c1-28(2)23-15-7-10-18-26(23)30(4)27(28)19-11-14-20-21-12-5-8-16-24(21)29(3)25-17-9-6-13-22(20)25/h5-19H,1-4H3/q+1. The first-order valence-corrected chi connectivity index (χ1v) is 10.5. The minimum atomic E-state index is -0.0110. The fraction of sp³-hybridized carbons (Fsp3) is 0.179. The summed E-state index contributed by atoms with van der Waals surface area (Å²) in [7, 11) is 4.31. The van der Waals surface area contributed by atoms with E-state index in [1.54, 1.807) is 0 Å². The van der Waals surface area contributed by atoms with Crippen molar-refractivity contribution in [1.29, 1.82) is 0 Å². The van der Waals surface area contributed by atoms with Gasteiger partial charge >= 0.3 is 0 Å². The lowest BCUT2D eigenvalue weighted by molar-refractivity contribution is -0.401. The molecular weight excluding hydrogens is 364 g/mol. The number of fused-ring (bicyclic) bond motifs is 3. The normalized spacial score (nSPS) is 16.5. The van der Waals surface area contributed by atoms with E-state index in [1.807, 2.05) is 0 Å². The molecule has 30 heavy (non-hydrogen) atoms. The Hall–Kier alpha value is -3.39. The van der Waals surface area contributed by atoms with Crippen molar-refractivity contribution in [3.8, 4) is 0 Å². The van der Waals surface area contributed by atoms with Crippen LogP contribution in [0.5, 0.6) is 0 Å². The predicted octanol–water partition coefficient (Wildman–Crippen LogP) is 6.46. The van der Waals surface area contributed by atoms with E-state index >= 15 is 0 Å². The molecule has 2 nitrogen and oxygen atoms in total. The Morgan fingerprint density at radius 2 is 1.37 bits per heavy atom. The number of nitrogens with zero attached hydrogens (tertiary/aromatic N) is 2. The minimum absolute atomic E-state index is 0.0110. The monoisotopic (exact) mass is 391 g/mol. The van der Waals surface area contributed by atoms with Gasteiger partial charge in [-0.05, 0) is 31.6 Å². The zero-order valence-electron chi connectivity index (χ0n) is 18.1. The zero-order valence-corrected chi connectivity index (χ0v) is 18.1. The van der Waals surface area contributed by atoms with Crippen LogP contribution in [-0.4, -0.2) is 24.4 Å². The van der Waals surface area contributed by atoms with E-state index in [1.165, 1.54) is 45.0 Å². The van der Waals surface area contributed by atoms with Gasteiger partial charge in [0.2, 0.25) is 5.69 Å². The molecule has 0 amide bonds. The van der Waals surface area contributed by atoms with Crippen molar-refractivity contribution in [3.63, 3.8) is 0 Å². The van der Waals surface area contributed by atoms with E-state index < -0.39 is 0 Å². The maximum absolute atomic E-state index is 2.32. The van der Waals surface area contributed by atoms with Crippen molar-refractivity contribution in [2.24, 2.45) is 0 Å². The molecule has 0 aromatic heterocycles. The van der Waals surface area contributed by atoms with Gasteiger partial charge in [-0.3, -0.25) is 0 Å². The van der Waals surface area contributed by atoms with Gasteiger partial charge in [-0.1, -0.05) is 66.7 Å². The van der Waals surface area contributed by atoms with Crippen LogP contribution < -0.4 is 4.90 Å². The molecule has 2 aliphatic heterocycles. The molecule has 3 aromatic rings. The van der Waals surface area contributed by atoms with E-state index in [0.717, 1.165) is 0 Å². The van der Waals surface area contributed by atoms with E-state index in [9.17, 15) is 0 Å². The minimum Gasteiger partial charge on any atom is -0.344 e. The third-order valence-electron chi connectivity index (χ3n) is 6.57. The second-order valence-electron chi connectivity index (χ2n) is 8.62. The van der Waals surface area contributed by atoms with Crippen LogP contribution in [-0.2, 0) is 5.41 Å². The summed E-state index contributed by atoms with van der Waals surface area (Å²) in [6.07, 6.45) is 6.76. The van der Waals surface area contributed by atoms with E-state index in [2.05, 4.69) is 128 Å². The second-order valence-corrected chi connectivity index (χ2v) is 8.62. The highest BCUT2D eigenvalue weighted by molar-refractivity contribution is 6.04. The maximum Gasteiger partial charge on any atom is 0.209 e. The van der Waals surface area contributed by atoms with Gasteiger partial charge in [-0.2, -0.15) is 4.58 Å². The van der Waals surface area contributed by atoms with E-state index in [0.29, 0.717) is 0 Å². The lowest BCUT2D eigenvalue weighted by Gasteiger charge is -2.31. The van der Waals surface area contributed by atoms with Gasteiger partial charge in [0.05, 0.1) is 5.41 Å². The third kappa shape index (κ3) is 2.68. The summed E-state index contributed by atoms with van der Waals surface area (Å²) < 4.78 is 2.32. The van der Waals surface area contributed by atoms with Crippen LogP contribution in [0, 0.1) is 0 Å². The number of benzene rings is 3. The summed E-state index contributed by atoms with van der Waals surface area (Å²) in [5.41, 5.74) is 10.3. The molecule has 0 radical (unpaired) electrons. The Morgan fingerprint density at radius 3 is 2.00 bits per heavy atom. The molecule has 0 unspecified atom stereocenters. The van der Waals surface area contributed by atoms with Crippen molar-refractivity contribution in [2.45, 2.75) is 19.3 Å². The molecule has 148 valence electrons. The largest absolute Gasteiger partial charge is 0.344 e. The highest BCUT2D eigenvalue weighted by Gasteiger charge is 2.42. The number of rotatable bonds is 2. The van der Waals surface area contributed by atoms with Gasteiger partial charge in [-0.15, -0.1) is 0 Å². The summed E-state index contributed by atoms with van der Waals surface area (Å²) in [5.74, 6) is 0. The van der Waals surface area contributed by atoms with Gasteiger partial charge in [0.15, 0.2) is 5.71 Å². The Labute approximate surface area is 179 Å². The summed E-state index contributed by atoms with van der Waals surface area (Å²) in [6.45, 7) is 4.62. The van der Waals surface area contributed by atoms with Crippen molar-refractivity contribution in [2.75, 3.05) is 19.0 Å². The molecule has 3 aromatic carbocycles. The lowest BCUT2D eigenvalue weighted by Crippen LogP contribution is -2.26. The third-order valence-corrected chi connectivity index (χ3v) is 6.57. The molecule has 0 atom stereocenters. The number of para-hydroxylation sites is 3. The molecule has 0 saturated carbocycles. The average Bonchev–Trinajstić information content (AvgIpc) is 2.96. The molecule has 0 saturated heterocycles. The van der Waals surface area contributed by atoms with Crippen LogP contribution in [0.25, 0.3) is 5.57 Å². The van der Waals surface area contributed by atoms with Crippen molar-refractivity contribution in [1.82, 2.24) is 0 Å². The Bertz CT molecular complexity index is 1190. The summed E-state index contributed by atoms with van der Waals surface area (Å²) >= 11 is 0. The highest BCUT2D eigenvalue weighted by atomic mass is 15.1. The van der Waals surface area contributed by atoms with Crippen LogP contribution >= 0.6 is 0 Å². The molecule has 0 aliphatic carbocycles.